The Kier molecular flexibility index (Phi) is 4.69. The normalized spacial score (nSPS) is 10.7. The fraction of sp³-hybridized carbons (Fsp3) is 0.0500. The molecule has 4 aromatic rings. The zero-order valence-corrected chi connectivity index (χ0v) is 16.2. The number of carbonyl (C=O) groups is 1. The van der Waals surface area contributed by atoms with Crippen molar-refractivity contribution in [1.82, 2.24) is 10.3 Å². The third-order valence-electron chi connectivity index (χ3n) is 4.33. The zero-order chi connectivity index (χ0) is 19.7. The summed E-state index contributed by atoms with van der Waals surface area (Å²) in [5.74, 6) is -0.147. The molecule has 0 fully saturated rings. The quantitative estimate of drug-likeness (QED) is 0.474. The van der Waals surface area contributed by atoms with Crippen molar-refractivity contribution in [3.63, 3.8) is 0 Å². The fourth-order valence-electron chi connectivity index (χ4n) is 3.01. The van der Waals surface area contributed by atoms with Gasteiger partial charge in [0.2, 0.25) is 0 Å². The van der Waals surface area contributed by atoms with Crippen molar-refractivity contribution in [1.29, 1.82) is 5.26 Å². The summed E-state index contributed by atoms with van der Waals surface area (Å²) in [4.78, 5) is 18.0. The number of benzene rings is 1. The smallest absolute Gasteiger partial charge is 0.263 e. The molecule has 28 heavy (non-hydrogen) atoms. The fourth-order valence-corrected chi connectivity index (χ4v) is 4.68. The Balaban J connectivity index is 1.80. The minimum absolute atomic E-state index is 0.133. The van der Waals surface area contributed by atoms with Gasteiger partial charge in [-0.2, -0.15) is 16.6 Å². The number of hydrogen-bond donors (Lipinski definition) is 3. The largest absolute Gasteiger partial charge is 0.397 e. The lowest BCUT2D eigenvalue weighted by Crippen LogP contribution is -2.22. The lowest BCUT2D eigenvalue weighted by molar-refractivity contribution is 0.0956. The number of anilines is 2. The standard InChI is InChI=1S/C20H15N5OS2/c21-8-13-14(12-6-7-27-10-12)15-16(22)17(28-20(15)25-18(13)23)19(26)24-9-11-4-2-1-3-5-11/h1-7,10H,9,22H2,(H2,23,25)(H,24,26). The van der Waals surface area contributed by atoms with Crippen LogP contribution in [0.15, 0.2) is 47.2 Å². The number of nitriles is 1. The average molecular weight is 406 g/mol. The lowest BCUT2D eigenvalue weighted by Gasteiger charge is -2.08. The number of fused-ring (bicyclic) bond motifs is 1. The number of pyridine rings is 1. The van der Waals surface area contributed by atoms with Crippen molar-refractivity contribution in [3.05, 3.63) is 63.2 Å². The molecule has 0 aliphatic heterocycles. The van der Waals surface area contributed by atoms with Crippen LogP contribution in [0.1, 0.15) is 20.8 Å². The third kappa shape index (κ3) is 3.07. The van der Waals surface area contributed by atoms with Crippen LogP contribution >= 0.6 is 22.7 Å². The molecule has 0 saturated heterocycles. The van der Waals surface area contributed by atoms with E-state index in [-0.39, 0.29) is 17.3 Å². The van der Waals surface area contributed by atoms with Gasteiger partial charge in [0.1, 0.15) is 27.2 Å². The zero-order valence-electron chi connectivity index (χ0n) is 14.6. The van der Waals surface area contributed by atoms with Gasteiger partial charge in [0.05, 0.1) is 5.69 Å². The van der Waals surface area contributed by atoms with Crippen molar-refractivity contribution < 1.29 is 4.79 Å². The Hall–Kier alpha value is -3.41. The summed E-state index contributed by atoms with van der Waals surface area (Å²) in [6, 6.07) is 13.6. The lowest BCUT2D eigenvalue weighted by atomic mass is 9.99. The van der Waals surface area contributed by atoms with E-state index < -0.39 is 0 Å². The number of nitrogens with two attached hydrogens (primary N) is 2. The molecular weight excluding hydrogens is 390 g/mol. The minimum Gasteiger partial charge on any atom is -0.397 e. The molecular formula is C20H15N5OS2. The van der Waals surface area contributed by atoms with E-state index in [4.69, 9.17) is 11.5 Å². The molecule has 0 atom stereocenters. The van der Waals surface area contributed by atoms with E-state index in [1.807, 2.05) is 47.2 Å². The Labute approximate surface area is 169 Å². The molecule has 1 aromatic carbocycles. The van der Waals surface area contributed by atoms with Gasteiger partial charge in [0.15, 0.2) is 0 Å². The van der Waals surface area contributed by atoms with E-state index in [9.17, 15) is 10.1 Å². The van der Waals surface area contributed by atoms with Crippen LogP contribution in [-0.2, 0) is 6.54 Å². The van der Waals surface area contributed by atoms with Crippen molar-refractivity contribution in [2.45, 2.75) is 6.54 Å². The number of nitrogens with zero attached hydrogens (tertiary/aromatic N) is 2. The second kappa shape index (κ2) is 7.31. The maximum atomic E-state index is 12.7. The molecule has 0 aliphatic rings. The molecule has 3 heterocycles. The Bertz CT molecular complexity index is 1210. The maximum absolute atomic E-state index is 12.7. The summed E-state index contributed by atoms with van der Waals surface area (Å²) >= 11 is 2.68. The summed E-state index contributed by atoms with van der Waals surface area (Å²) < 4.78 is 0. The maximum Gasteiger partial charge on any atom is 0.263 e. The SMILES string of the molecule is N#Cc1c(N)nc2sc(C(=O)NCc3ccccc3)c(N)c2c1-c1ccsc1. The molecule has 0 radical (unpaired) electrons. The van der Waals surface area contributed by atoms with Crippen LogP contribution in [0.3, 0.4) is 0 Å². The number of rotatable bonds is 4. The van der Waals surface area contributed by atoms with Gasteiger partial charge >= 0.3 is 0 Å². The van der Waals surface area contributed by atoms with E-state index >= 15 is 0 Å². The molecule has 1 amide bonds. The minimum atomic E-state index is -0.280. The summed E-state index contributed by atoms with van der Waals surface area (Å²) in [5.41, 5.74) is 15.4. The number of aromatic nitrogens is 1. The number of amides is 1. The molecule has 0 spiro atoms. The van der Waals surface area contributed by atoms with Gasteiger partial charge in [-0.25, -0.2) is 4.98 Å². The van der Waals surface area contributed by atoms with Gasteiger partial charge in [-0.3, -0.25) is 4.79 Å². The first-order valence-electron chi connectivity index (χ1n) is 8.36. The van der Waals surface area contributed by atoms with Crippen LogP contribution < -0.4 is 16.8 Å². The number of carbonyl (C=O) groups excluding carboxylic acids is 1. The predicted octanol–water partition coefficient (Wildman–Crippen LogP) is 3.99. The molecule has 0 unspecified atom stereocenters. The van der Waals surface area contributed by atoms with Gasteiger partial charge < -0.3 is 16.8 Å². The summed E-state index contributed by atoms with van der Waals surface area (Å²) in [6.45, 7) is 0.393. The molecule has 3 aromatic heterocycles. The van der Waals surface area contributed by atoms with Gasteiger partial charge in [0.25, 0.3) is 5.91 Å². The molecule has 4 rings (SSSR count). The second-order valence-corrected chi connectivity index (χ2v) is 7.84. The molecule has 0 saturated carbocycles. The Morgan fingerprint density at radius 2 is 2.00 bits per heavy atom. The summed E-state index contributed by atoms with van der Waals surface area (Å²) in [7, 11) is 0. The third-order valence-corrected chi connectivity index (χ3v) is 6.11. The van der Waals surface area contributed by atoms with E-state index in [1.54, 1.807) is 0 Å². The number of hydrogen-bond acceptors (Lipinski definition) is 7. The monoisotopic (exact) mass is 405 g/mol. The first-order valence-corrected chi connectivity index (χ1v) is 10.1. The van der Waals surface area contributed by atoms with E-state index in [1.165, 1.54) is 22.7 Å². The van der Waals surface area contributed by atoms with Crippen LogP contribution in [0.4, 0.5) is 11.5 Å². The van der Waals surface area contributed by atoms with Crippen LogP contribution in [-0.4, -0.2) is 10.9 Å². The van der Waals surface area contributed by atoms with Gasteiger partial charge in [-0.1, -0.05) is 30.3 Å². The van der Waals surface area contributed by atoms with Crippen molar-refractivity contribution in [3.8, 4) is 17.2 Å². The highest BCUT2D eigenvalue weighted by Gasteiger charge is 2.24. The molecule has 8 heteroatoms. The molecule has 5 N–H and O–H groups in total. The predicted molar refractivity (Wildman–Crippen MR) is 114 cm³/mol. The Morgan fingerprint density at radius 3 is 2.68 bits per heavy atom. The van der Waals surface area contributed by atoms with E-state index in [2.05, 4.69) is 16.4 Å². The van der Waals surface area contributed by atoms with E-state index in [0.29, 0.717) is 32.9 Å². The number of thiophene rings is 2. The second-order valence-electron chi connectivity index (χ2n) is 6.06. The summed E-state index contributed by atoms with van der Waals surface area (Å²) in [6.07, 6.45) is 0. The molecule has 6 nitrogen and oxygen atoms in total. The van der Waals surface area contributed by atoms with Crippen molar-refractivity contribution in [2.75, 3.05) is 11.5 Å². The highest BCUT2D eigenvalue weighted by atomic mass is 32.1. The van der Waals surface area contributed by atoms with E-state index in [0.717, 1.165) is 11.1 Å². The van der Waals surface area contributed by atoms with Gasteiger partial charge in [-0.05, 0) is 28.0 Å². The van der Waals surface area contributed by atoms with Crippen LogP contribution in [0.25, 0.3) is 21.3 Å². The van der Waals surface area contributed by atoms with Crippen LogP contribution in [0.2, 0.25) is 0 Å². The molecule has 138 valence electrons. The highest BCUT2D eigenvalue weighted by Crippen LogP contribution is 2.43. The first kappa shape index (κ1) is 18.0. The number of nitrogen functional groups attached to an aromatic ring is 2. The Morgan fingerprint density at radius 1 is 1.21 bits per heavy atom. The number of nitrogens with one attached hydrogen (secondary N) is 1. The highest BCUT2D eigenvalue weighted by molar-refractivity contribution is 7.21. The average Bonchev–Trinajstić information content (AvgIpc) is 3.34. The van der Waals surface area contributed by atoms with Gasteiger partial charge in [0, 0.05) is 17.5 Å². The topological polar surface area (TPSA) is 118 Å². The van der Waals surface area contributed by atoms with Crippen LogP contribution in [0, 0.1) is 11.3 Å². The first-order chi connectivity index (χ1) is 13.6. The van der Waals surface area contributed by atoms with Gasteiger partial charge in [-0.15, -0.1) is 11.3 Å². The molecule has 0 bridgehead atoms. The molecule has 0 aliphatic carbocycles. The summed E-state index contributed by atoms with van der Waals surface area (Å²) in [5, 5.41) is 16.9. The van der Waals surface area contributed by atoms with Crippen LogP contribution in [0.5, 0.6) is 0 Å². The van der Waals surface area contributed by atoms with Crippen molar-refractivity contribution >= 4 is 50.3 Å². The van der Waals surface area contributed by atoms with Crippen molar-refractivity contribution in [2.24, 2.45) is 0 Å².